The van der Waals surface area contributed by atoms with Crippen LogP contribution in [0.2, 0.25) is 0 Å². The van der Waals surface area contributed by atoms with Gasteiger partial charge in [0.2, 0.25) is 10.0 Å². The molecule has 1 unspecified atom stereocenters. The SMILES string of the molecule is COC(=O)Cn1c(=NC(=O)C2CCCN(S(=O)(=O)c3ccc(F)cc3)C2)sc2cccc(F)c21. The van der Waals surface area contributed by atoms with Crippen LogP contribution in [0.15, 0.2) is 52.4 Å². The van der Waals surface area contributed by atoms with E-state index in [4.69, 9.17) is 0 Å². The van der Waals surface area contributed by atoms with Crippen molar-refractivity contribution in [3.05, 3.63) is 58.9 Å². The van der Waals surface area contributed by atoms with Crippen molar-refractivity contribution in [1.82, 2.24) is 8.87 Å². The molecular formula is C22H21F2N3O5S2. The number of esters is 1. The Morgan fingerprint density at radius 2 is 1.91 bits per heavy atom. The number of para-hydroxylation sites is 1. The Hall–Kier alpha value is -2.96. The van der Waals surface area contributed by atoms with Crippen molar-refractivity contribution in [1.29, 1.82) is 0 Å². The fraction of sp³-hybridized carbons (Fsp3) is 0.318. The zero-order valence-corrected chi connectivity index (χ0v) is 19.7. The van der Waals surface area contributed by atoms with Gasteiger partial charge in [-0.2, -0.15) is 9.30 Å². The van der Waals surface area contributed by atoms with Crippen molar-refractivity contribution in [3.8, 4) is 0 Å². The van der Waals surface area contributed by atoms with E-state index < -0.39 is 39.5 Å². The first-order valence-electron chi connectivity index (χ1n) is 10.4. The van der Waals surface area contributed by atoms with Crippen molar-refractivity contribution in [2.75, 3.05) is 20.2 Å². The largest absolute Gasteiger partial charge is 0.468 e. The number of thiazole rings is 1. The number of benzene rings is 2. The summed E-state index contributed by atoms with van der Waals surface area (Å²) in [6.45, 7) is -0.197. The molecule has 1 fully saturated rings. The molecule has 1 aromatic heterocycles. The second kappa shape index (κ2) is 9.72. The van der Waals surface area contributed by atoms with Crippen LogP contribution in [0.5, 0.6) is 0 Å². The number of fused-ring (bicyclic) bond motifs is 1. The Labute approximate surface area is 198 Å². The molecule has 1 atom stereocenters. The van der Waals surface area contributed by atoms with Crippen LogP contribution >= 0.6 is 11.3 Å². The third-order valence-electron chi connectivity index (χ3n) is 5.56. The molecule has 8 nitrogen and oxygen atoms in total. The number of ether oxygens (including phenoxy) is 1. The van der Waals surface area contributed by atoms with Gasteiger partial charge in [-0.1, -0.05) is 17.4 Å². The first kappa shape index (κ1) is 24.2. The molecule has 0 N–H and O–H groups in total. The van der Waals surface area contributed by atoms with Gasteiger partial charge in [0.25, 0.3) is 5.91 Å². The number of carbonyl (C=O) groups excluding carboxylic acids is 2. The van der Waals surface area contributed by atoms with Gasteiger partial charge in [0, 0.05) is 13.1 Å². The second-order valence-corrected chi connectivity index (χ2v) is 10.7. The molecule has 0 spiro atoms. The Kier molecular flexibility index (Phi) is 6.91. The molecule has 0 saturated carbocycles. The number of methoxy groups -OCH3 is 1. The van der Waals surface area contributed by atoms with Crippen molar-refractivity contribution in [2.45, 2.75) is 24.3 Å². The smallest absolute Gasteiger partial charge is 0.325 e. The van der Waals surface area contributed by atoms with Crippen LogP contribution in [-0.4, -0.2) is 49.4 Å². The highest BCUT2D eigenvalue weighted by Gasteiger charge is 2.33. The van der Waals surface area contributed by atoms with Crippen molar-refractivity contribution >= 4 is 43.5 Å². The lowest BCUT2D eigenvalue weighted by atomic mass is 9.99. The van der Waals surface area contributed by atoms with Gasteiger partial charge in [-0.05, 0) is 49.2 Å². The van der Waals surface area contributed by atoms with E-state index in [2.05, 4.69) is 9.73 Å². The maximum Gasteiger partial charge on any atom is 0.325 e. The average Bonchev–Trinajstić information content (AvgIpc) is 3.17. The molecule has 0 radical (unpaired) electrons. The predicted molar refractivity (Wildman–Crippen MR) is 120 cm³/mol. The summed E-state index contributed by atoms with van der Waals surface area (Å²) >= 11 is 1.05. The standard InChI is InChI=1S/C22H21F2N3O5S2/c1-32-19(28)13-27-20-17(24)5-2-6-18(20)33-22(27)25-21(29)14-4-3-11-26(12-14)34(30,31)16-9-7-15(23)8-10-16/h2,5-10,14H,3-4,11-13H2,1H3. The molecule has 180 valence electrons. The number of rotatable bonds is 5. The van der Waals surface area contributed by atoms with Gasteiger partial charge in [-0.3, -0.25) is 9.59 Å². The van der Waals surface area contributed by atoms with Gasteiger partial charge in [0.05, 0.1) is 28.1 Å². The molecule has 2 heterocycles. The third kappa shape index (κ3) is 4.79. The quantitative estimate of drug-likeness (QED) is 0.493. The van der Waals surface area contributed by atoms with Crippen LogP contribution < -0.4 is 4.80 Å². The molecule has 1 saturated heterocycles. The molecule has 4 rings (SSSR count). The lowest BCUT2D eigenvalue weighted by Crippen LogP contribution is -2.42. The van der Waals surface area contributed by atoms with Gasteiger partial charge in [0.15, 0.2) is 4.80 Å². The number of carbonyl (C=O) groups is 2. The summed E-state index contributed by atoms with van der Waals surface area (Å²) in [6, 6.07) is 8.90. The van der Waals surface area contributed by atoms with Gasteiger partial charge in [-0.25, -0.2) is 17.2 Å². The number of aromatic nitrogens is 1. The van der Waals surface area contributed by atoms with E-state index >= 15 is 0 Å². The fourth-order valence-corrected chi connectivity index (χ4v) is 6.39. The van der Waals surface area contributed by atoms with Crippen LogP contribution in [0.1, 0.15) is 12.8 Å². The summed E-state index contributed by atoms with van der Waals surface area (Å²) < 4.78 is 61.3. The number of hydrogen-bond donors (Lipinski definition) is 0. The van der Waals surface area contributed by atoms with Crippen LogP contribution in [0.25, 0.3) is 10.2 Å². The topological polar surface area (TPSA) is 98.0 Å². The Morgan fingerprint density at radius 3 is 2.62 bits per heavy atom. The van der Waals surface area contributed by atoms with Crippen molar-refractivity contribution in [2.24, 2.45) is 10.9 Å². The molecular weight excluding hydrogens is 488 g/mol. The Bertz CT molecular complexity index is 1410. The van der Waals surface area contributed by atoms with Gasteiger partial charge in [0.1, 0.15) is 18.2 Å². The van der Waals surface area contributed by atoms with E-state index in [1.807, 2.05) is 0 Å². The zero-order chi connectivity index (χ0) is 24.5. The maximum absolute atomic E-state index is 14.5. The van der Waals surface area contributed by atoms with E-state index in [-0.39, 0.29) is 34.8 Å². The lowest BCUT2D eigenvalue weighted by molar-refractivity contribution is -0.141. The van der Waals surface area contributed by atoms with E-state index in [1.165, 1.54) is 40.2 Å². The summed E-state index contributed by atoms with van der Waals surface area (Å²) in [5.41, 5.74) is 0.133. The second-order valence-electron chi connectivity index (χ2n) is 7.74. The number of nitrogens with zero attached hydrogens (tertiary/aromatic N) is 3. The van der Waals surface area contributed by atoms with E-state index in [0.717, 1.165) is 23.5 Å². The predicted octanol–water partition coefficient (Wildman–Crippen LogP) is 2.68. The minimum Gasteiger partial charge on any atom is -0.468 e. The zero-order valence-electron chi connectivity index (χ0n) is 18.1. The minimum atomic E-state index is -3.91. The summed E-state index contributed by atoms with van der Waals surface area (Å²) in [5, 5.41) is 0. The molecule has 2 aromatic carbocycles. The first-order valence-corrected chi connectivity index (χ1v) is 12.7. The summed E-state index contributed by atoms with van der Waals surface area (Å²) in [6.07, 6.45) is 0.865. The first-order chi connectivity index (χ1) is 16.2. The maximum atomic E-state index is 14.5. The third-order valence-corrected chi connectivity index (χ3v) is 8.48. The van der Waals surface area contributed by atoms with Crippen LogP contribution in [0.3, 0.4) is 0 Å². The summed E-state index contributed by atoms with van der Waals surface area (Å²) in [4.78, 5) is 29.1. The Morgan fingerprint density at radius 1 is 1.18 bits per heavy atom. The van der Waals surface area contributed by atoms with Crippen LogP contribution in [0.4, 0.5) is 8.78 Å². The number of piperidine rings is 1. The molecule has 1 aliphatic heterocycles. The highest BCUT2D eigenvalue weighted by Crippen LogP contribution is 2.25. The average molecular weight is 510 g/mol. The minimum absolute atomic E-state index is 0.0603. The highest BCUT2D eigenvalue weighted by molar-refractivity contribution is 7.89. The Balaban J connectivity index is 1.65. The molecule has 1 aliphatic rings. The van der Waals surface area contributed by atoms with Crippen molar-refractivity contribution < 1.29 is 31.5 Å². The van der Waals surface area contributed by atoms with Crippen LogP contribution in [0, 0.1) is 17.6 Å². The number of amides is 1. The van der Waals surface area contributed by atoms with Gasteiger partial charge >= 0.3 is 5.97 Å². The number of halogens is 2. The van der Waals surface area contributed by atoms with E-state index in [9.17, 15) is 26.8 Å². The monoisotopic (exact) mass is 509 g/mol. The number of hydrogen-bond acceptors (Lipinski definition) is 6. The molecule has 12 heteroatoms. The molecule has 0 aliphatic carbocycles. The number of sulfonamides is 1. The van der Waals surface area contributed by atoms with Crippen LogP contribution in [-0.2, 0) is 30.9 Å². The molecule has 3 aromatic rings. The van der Waals surface area contributed by atoms with E-state index in [1.54, 1.807) is 6.07 Å². The molecule has 0 bridgehead atoms. The van der Waals surface area contributed by atoms with Gasteiger partial charge < -0.3 is 9.30 Å². The normalized spacial score (nSPS) is 17.7. The van der Waals surface area contributed by atoms with Crippen molar-refractivity contribution in [3.63, 3.8) is 0 Å². The summed E-state index contributed by atoms with van der Waals surface area (Å²) in [7, 11) is -2.71. The van der Waals surface area contributed by atoms with Gasteiger partial charge in [-0.15, -0.1) is 0 Å². The summed E-state index contributed by atoms with van der Waals surface area (Å²) in [5.74, 6) is -3.04. The highest BCUT2D eigenvalue weighted by atomic mass is 32.2. The fourth-order valence-electron chi connectivity index (χ4n) is 3.82. The lowest BCUT2D eigenvalue weighted by Gasteiger charge is -2.30. The molecule has 1 amide bonds. The molecule has 34 heavy (non-hydrogen) atoms. The van der Waals surface area contributed by atoms with E-state index in [0.29, 0.717) is 17.5 Å².